The number of anilines is 1. The van der Waals surface area contributed by atoms with Crippen molar-refractivity contribution in [3.05, 3.63) is 42.1 Å². The Morgan fingerprint density at radius 3 is 2.96 bits per heavy atom. The van der Waals surface area contributed by atoms with Crippen LogP contribution in [0.3, 0.4) is 0 Å². The number of aromatic nitrogens is 3. The van der Waals surface area contributed by atoms with Crippen molar-refractivity contribution < 1.29 is 14.3 Å². The number of halogens is 1. The Bertz CT molecular complexity index is 718. The molecule has 0 bridgehead atoms. The van der Waals surface area contributed by atoms with E-state index in [9.17, 15) is 14.3 Å². The van der Waals surface area contributed by atoms with E-state index in [2.05, 4.69) is 15.4 Å². The first-order valence-electron chi connectivity index (χ1n) is 7.89. The number of hydrogen-bond acceptors (Lipinski definition) is 5. The highest BCUT2D eigenvalue weighted by molar-refractivity contribution is 5.93. The molecule has 1 amide bonds. The highest BCUT2D eigenvalue weighted by atomic mass is 19.1. The van der Waals surface area contributed by atoms with Crippen molar-refractivity contribution in [3.63, 3.8) is 0 Å². The van der Waals surface area contributed by atoms with Gasteiger partial charge < -0.3 is 15.3 Å². The van der Waals surface area contributed by atoms with E-state index in [0.717, 1.165) is 6.20 Å². The molecule has 24 heavy (non-hydrogen) atoms. The van der Waals surface area contributed by atoms with Gasteiger partial charge in [0.25, 0.3) is 5.91 Å². The molecule has 1 aliphatic rings. The number of rotatable bonds is 5. The summed E-state index contributed by atoms with van der Waals surface area (Å²) in [6.45, 7) is 3.70. The van der Waals surface area contributed by atoms with Crippen molar-refractivity contribution in [2.75, 3.05) is 24.5 Å². The van der Waals surface area contributed by atoms with E-state index in [1.165, 1.54) is 12.3 Å². The van der Waals surface area contributed by atoms with E-state index in [4.69, 9.17) is 0 Å². The number of nitrogens with zero attached hydrogens (tertiary/aromatic N) is 4. The summed E-state index contributed by atoms with van der Waals surface area (Å²) in [5, 5.41) is 17.5. The summed E-state index contributed by atoms with van der Waals surface area (Å²) < 4.78 is 14.6. The van der Waals surface area contributed by atoms with E-state index < -0.39 is 11.4 Å². The molecule has 2 aromatic rings. The number of β-amino-alcohol motifs (C(OH)–C–C–N with tert-alkyl or cyclic N) is 1. The molecule has 7 nitrogen and oxygen atoms in total. The van der Waals surface area contributed by atoms with Gasteiger partial charge in [0.2, 0.25) is 0 Å². The van der Waals surface area contributed by atoms with Crippen LogP contribution in [0.4, 0.5) is 10.2 Å². The lowest BCUT2D eigenvalue weighted by Crippen LogP contribution is -2.45. The van der Waals surface area contributed by atoms with Crippen LogP contribution >= 0.6 is 0 Å². The minimum Gasteiger partial charge on any atom is -0.386 e. The van der Waals surface area contributed by atoms with E-state index in [0.29, 0.717) is 37.4 Å². The van der Waals surface area contributed by atoms with Crippen LogP contribution < -0.4 is 10.2 Å². The van der Waals surface area contributed by atoms with E-state index in [-0.39, 0.29) is 12.5 Å². The van der Waals surface area contributed by atoms with E-state index in [1.807, 2.05) is 11.8 Å². The van der Waals surface area contributed by atoms with Crippen molar-refractivity contribution in [1.82, 2.24) is 20.1 Å². The molecule has 1 fully saturated rings. The largest absolute Gasteiger partial charge is 0.386 e. The Morgan fingerprint density at radius 2 is 2.29 bits per heavy atom. The molecule has 0 aromatic carbocycles. The fourth-order valence-electron chi connectivity index (χ4n) is 2.75. The second-order valence-electron chi connectivity index (χ2n) is 6.00. The Hall–Kier alpha value is -2.48. The summed E-state index contributed by atoms with van der Waals surface area (Å²) >= 11 is 0. The van der Waals surface area contributed by atoms with Gasteiger partial charge in [-0.05, 0) is 25.5 Å². The van der Waals surface area contributed by atoms with Crippen molar-refractivity contribution in [2.24, 2.45) is 0 Å². The van der Waals surface area contributed by atoms with Crippen LogP contribution in [0.15, 0.2) is 30.7 Å². The van der Waals surface area contributed by atoms with Crippen LogP contribution in [0.25, 0.3) is 0 Å². The lowest BCUT2D eigenvalue weighted by molar-refractivity contribution is 0.0575. The van der Waals surface area contributed by atoms with Gasteiger partial charge in [0.05, 0.1) is 18.0 Å². The number of aryl methyl sites for hydroxylation is 1. The first kappa shape index (κ1) is 16.4. The number of carbonyl (C=O) groups excluding carboxylic acids is 1. The predicted octanol–water partition coefficient (Wildman–Crippen LogP) is 0.808. The van der Waals surface area contributed by atoms with Gasteiger partial charge >= 0.3 is 0 Å². The highest BCUT2D eigenvalue weighted by Gasteiger charge is 2.37. The van der Waals surface area contributed by atoms with E-state index in [1.54, 1.807) is 16.9 Å². The average molecular weight is 333 g/mol. The second-order valence-corrected chi connectivity index (χ2v) is 6.00. The number of pyridine rings is 1. The predicted molar refractivity (Wildman–Crippen MR) is 86.2 cm³/mol. The normalized spacial score (nSPS) is 20.4. The summed E-state index contributed by atoms with van der Waals surface area (Å²) in [7, 11) is 0. The van der Waals surface area contributed by atoms with Gasteiger partial charge in [-0.15, -0.1) is 0 Å². The molecule has 0 unspecified atom stereocenters. The van der Waals surface area contributed by atoms with Crippen molar-refractivity contribution >= 4 is 11.7 Å². The van der Waals surface area contributed by atoms with Crippen molar-refractivity contribution in [1.29, 1.82) is 0 Å². The third-order valence-electron chi connectivity index (χ3n) is 4.17. The van der Waals surface area contributed by atoms with Gasteiger partial charge in [0.1, 0.15) is 17.2 Å². The number of amides is 1. The molecule has 128 valence electrons. The lowest BCUT2D eigenvalue weighted by Gasteiger charge is -2.24. The Morgan fingerprint density at radius 1 is 1.46 bits per heavy atom. The van der Waals surface area contributed by atoms with Crippen LogP contribution in [-0.4, -0.2) is 51.0 Å². The fourth-order valence-corrected chi connectivity index (χ4v) is 2.75. The van der Waals surface area contributed by atoms with Crippen LogP contribution in [0, 0.1) is 5.82 Å². The molecule has 1 aliphatic heterocycles. The number of aliphatic hydroxyl groups is 1. The monoisotopic (exact) mass is 333 g/mol. The lowest BCUT2D eigenvalue weighted by atomic mass is 10.0. The summed E-state index contributed by atoms with van der Waals surface area (Å²) in [6.07, 6.45) is 4.83. The van der Waals surface area contributed by atoms with Gasteiger partial charge in [-0.25, -0.2) is 9.37 Å². The molecule has 3 heterocycles. The first-order valence-corrected chi connectivity index (χ1v) is 7.89. The van der Waals surface area contributed by atoms with Crippen LogP contribution in [0.5, 0.6) is 0 Å². The van der Waals surface area contributed by atoms with Gasteiger partial charge in [0.15, 0.2) is 0 Å². The molecule has 0 saturated carbocycles. The highest BCUT2D eigenvalue weighted by Crippen LogP contribution is 2.25. The molecule has 0 radical (unpaired) electrons. The Kier molecular flexibility index (Phi) is 4.48. The summed E-state index contributed by atoms with van der Waals surface area (Å²) in [6, 6.07) is 2.92. The Labute approximate surface area is 139 Å². The second kappa shape index (κ2) is 6.56. The summed E-state index contributed by atoms with van der Waals surface area (Å²) in [4.78, 5) is 18.0. The SMILES string of the molecule is CCn1cc(C(=O)NC[C@@]2(O)CCN(c3ccc(F)cn3)C2)cn1. The zero-order valence-electron chi connectivity index (χ0n) is 13.4. The minimum atomic E-state index is -1.04. The summed E-state index contributed by atoms with van der Waals surface area (Å²) in [5.41, 5.74) is -0.567. The average Bonchev–Trinajstić information content (AvgIpc) is 3.21. The van der Waals surface area contributed by atoms with Gasteiger partial charge in [0, 0.05) is 32.4 Å². The number of hydrogen-bond donors (Lipinski definition) is 2. The molecule has 0 spiro atoms. The van der Waals surface area contributed by atoms with Gasteiger partial charge in [-0.1, -0.05) is 0 Å². The molecule has 8 heteroatoms. The molecule has 0 aliphatic carbocycles. The van der Waals surface area contributed by atoms with Crippen LogP contribution in [0.1, 0.15) is 23.7 Å². The van der Waals surface area contributed by atoms with E-state index >= 15 is 0 Å². The molecule has 1 atom stereocenters. The Balaban J connectivity index is 1.57. The maximum absolute atomic E-state index is 12.9. The third-order valence-corrected chi connectivity index (χ3v) is 4.17. The third kappa shape index (κ3) is 3.53. The molecule has 2 aromatic heterocycles. The maximum Gasteiger partial charge on any atom is 0.254 e. The minimum absolute atomic E-state index is 0.140. The van der Waals surface area contributed by atoms with Crippen LogP contribution in [-0.2, 0) is 6.54 Å². The van der Waals surface area contributed by atoms with Gasteiger partial charge in [-0.3, -0.25) is 9.48 Å². The van der Waals surface area contributed by atoms with Crippen molar-refractivity contribution in [3.8, 4) is 0 Å². The zero-order chi connectivity index (χ0) is 17.2. The molecule has 2 N–H and O–H groups in total. The smallest absolute Gasteiger partial charge is 0.254 e. The first-order chi connectivity index (χ1) is 11.5. The molecular formula is C16H20FN5O2. The molecular weight excluding hydrogens is 313 g/mol. The van der Waals surface area contributed by atoms with Gasteiger partial charge in [-0.2, -0.15) is 5.10 Å². The molecule has 3 rings (SSSR count). The standard InChI is InChI=1S/C16H20FN5O2/c1-2-22-9-12(7-20-22)15(23)19-10-16(24)5-6-21(11-16)14-4-3-13(17)8-18-14/h3-4,7-9,24H,2,5-6,10-11H2,1H3,(H,19,23)/t16-/m0/s1. The number of carbonyl (C=O) groups is 1. The van der Waals surface area contributed by atoms with Crippen molar-refractivity contribution in [2.45, 2.75) is 25.5 Å². The quantitative estimate of drug-likeness (QED) is 0.846. The fraction of sp³-hybridized carbons (Fsp3) is 0.438. The molecule has 1 saturated heterocycles. The maximum atomic E-state index is 12.9. The number of nitrogens with one attached hydrogen (secondary N) is 1. The topological polar surface area (TPSA) is 83.3 Å². The van der Waals surface area contributed by atoms with Crippen LogP contribution in [0.2, 0.25) is 0 Å². The zero-order valence-corrected chi connectivity index (χ0v) is 13.4. The summed E-state index contributed by atoms with van der Waals surface area (Å²) in [5.74, 6) is -0.0440.